The van der Waals surface area contributed by atoms with Crippen LogP contribution in [0, 0.1) is 5.92 Å². The molecule has 3 N–H and O–H groups in total. The monoisotopic (exact) mass is 173 g/mol. The van der Waals surface area contributed by atoms with E-state index in [0.29, 0.717) is 19.4 Å². The van der Waals surface area contributed by atoms with Gasteiger partial charge in [-0.2, -0.15) is 0 Å². The van der Waals surface area contributed by atoms with Crippen LogP contribution >= 0.6 is 0 Å². The summed E-state index contributed by atoms with van der Waals surface area (Å²) in [6, 6.07) is -0.264. The Balaban J connectivity index is 2.47. The van der Waals surface area contributed by atoms with E-state index >= 15 is 0 Å². The molecule has 0 radical (unpaired) electrons. The zero-order valence-corrected chi connectivity index (χ0v) is 7.19. The van der Waals surface area contributed by atoms with Gasteiger partial charge in [-0.25, -0.2) is 0 Å². The second-order valence-electron chi connectivity index (χ2n) is 3.09. The molecule has 0 aromatic carbocycles. The van der Waals surface area contributed by atoms with Crippen LogP contribution in [0.5, 0.6) is 0 Å². The Morgan fingerprint density at radius 2 is 2.33 bits per heavy atom. The Bertz CT molecular complexity index is 172. The van der Waals surface area contributed by atoms with Crippen LogP contribution in [-0.4, -0.2) is 29.8 Å². The van der Waals surface area contributed by atoms with Gasteiger partial charge in [0.1, 0.15) is 0 Å². The third-order valence-corrected chi connectivity index (χ3v) is 2.25. The van der Waals surface area contributed by atoms with Gasteiger partial charge in [0.15, 0.2) is 0 Å². The first-order valence-corrected chi connectivity index (χ1v) is 4.27. The van der Waals surface area contributed by atoms with Crippen molar-refractivity contribution in [3.8, 4) is 0 Å². The van der Waals surface area contributed by atoms with Crippen molar-refractivity contribution in [3.63, 3.8) is 0 Å². The van der Waals surface area contributed by atoms with Gasteiger partial charge in [-0.3, -0.25) is 4.79 Å². The van der Waals surface area contributed by atoms with E-state index in [2.05, 4.69) is 0 Å². The number of rotatable bonds is 2. The molecule has 4 nitrogen and oxygen atoms in total. The van der Waals surface area contributed by atoms with Gasteiger partial charge in [0, 0.05) is 6.04 Å². The normalized spacial score (nSPS) is 35.1. The average Bonchev–Trinajstić information content (AvgIpc) is 2.34. The topological polar surface area (TPSA) is 72.5 Å². The minimum Gasteiger partial charge on any atom is -0.466 e. The van der Waals surface area contributed by atoms with Gasteiger partial charge in [0.05, 0.1) is 18.6 Å². The summed E-state index contributed by atoms with van der Waals surface area (Å²) in [4.78, 5) is 11.2. The van der Waals surface area contributed by atoms with Crippen LogP contribution in [0.15, 0.2) is 0 Å². The summed E-state index contributed by atoms with van der Waals surface area (Å²) >= 11 is 0. The number of ether oxygens (including phenoxy) is 1. The van der Waals surface area contributed by atoms with Crippen molar-refractivity contribution < 1.29 is 14.6 Å². The summed E-state index contributed by atoms with van der Waals surface area (Å²) in [6.07, 6.45) is 0.621. The molecule has 0 spiro atoms. The Kier molecular flexibility index (Phi) is 3.05. The third kappa shape index (κ3) is 1.76. The van der Waals surface area contributed by atoms with Gasteiger partial charge < -0.3 is 15.6 Å². The van der Waals surface area contributed by atoms with Gasteiger partial charge >= 0.3 is 5.97 Å². The lowest BCUT2D eigenvalue weighted by atomic mass is 10.1. The quantitative estimate of drug-likeness (QED) is 0.560. The lowest BCUT2D eigenvalue weighted by molar-refractivity contribution is -0.151. The lowest BCUT2D eigenvalue weighted by Gasteiger charge is -2.14. The molecule has 1 saturated carbocycles. The molecule has 70 valence electrons. The fourth-order valence-electron chi connectivity index (χ4n) is 1.52. The summed E-state index contributed by atoms with van der Waals surface area (Å²) in [7, 11) is 0. The molecule has 3 atom stereocenters. The Labute approximate surface area is 71.7 Å². The fraction of sp³-hybridized carbons (Fsp3) is 0.875. The maximum absolute atomic E-state index is 11.2. The maximum Gasteiger partial charge on any atom is 0.311 e. The van der Waals surface area contributed by atoms with E-state index in [0.717, 1.165) is 0 Å². The Morgan fingerprint density at radius 1 is 1.67 bits per heavy atom. The molecule has 0 aromatic rings. The summed E-state index contributed by atoms with van der Waals surface area (Å²) in [5, 5.41) is 9.43. The number of aliphatic hydroxyl groups excluding tert-OH is 1. The standard InChI is InChI=1S/C8H15NO3/c1-2-12-8(11)5-3-4-6(9)7(5)10/h5-7,10H,2-4,9H2,1H3/t5-,6-,7+/m0/s1. The molecule has 0 amide bonds. The molecule has 0 aromatic heterocycles. The SMILES string of the molecule is CCOC(=O)[C@H]1CC[C@H](N)[C@@H]1O. The highest BCUT2D eigenvalue weighted by Gasteiger charge is 2.37. The van der Waals surface area contributed by atoms with Crippen LogP contribution in [0.3, 0.4) is 0 Å². The number of aliphatic hydroxyl groups is 1. The molecule has 0 bridgehead atoms. The van der Waals surface area contributed by atoms with Crippen LogP contribution in [0.2, 0.25) is 0 Å². The summed E-state index contributed by atoms with van der Waals surface area (Å²) in [5.41, 5.74) is 5.54. The van der Waals surface area contributed by atoms with Crippen LogP contribution < -0.4 is 5.73 Å². The van der Waals surface area contributed by atoms with Crippen molar-refractivity contribution in [3.05, 3.63) is 0 Å². The number of carbonyl (C=O) groups is 1. The third-order valence-electron chi connectivity index (χ3n) is 2.25. The molecule has 12 heavy (non-hydrogen) atoms. The fourth-order valence-corrected chi connectivity index (χ4v) is 1.52. The smallest absolute Gasteiger partial charge is 0.311 e. The van der Waals surface area contributed by atoms with E-state index in [1.807, 2.05) is 0 Å². The predicted molar refractivity (Wildman–Crippen MR) is 43.3 cm³/mol. The van der Waals surface area contributed by atoms with Gasteiger partial charge in [-0.05, 0) is 19.8 Å². The van der Waals surface area contributed by atoms with E-state index in [4.69, 9.17) is 10.5 Å². The van der Waals surface area contributed by atoms with Crippen molar-refractivity contribution >= 4 is 5.97 Å². The first-order valence-electron chi connectivity index (χ1n) is 4.27. The minimum absolute atomic E-state index is 0.264. The number of carbonyl (C=O) groups excluding carboxylic acids is 1. The molecule has 1 rings (SSSR count). The minimum atomic E-state index is -0.718. The number of esters is 1. The van der Waals surface area contributed by atoms with Crippen LogP contribution in [0.25, 0.3) is 0 Å². The molecule has 0 heterocycles. The first-order chi connectivity index (χ1) is 5.66. The highest BCUT2D eigenvalue weighted by molar-refractivity contribution is 5.73. The molecule has 0 saturated heterocycles. The summed E-state index contributed by atoms with van der Waals surface area (Å²) in [6.45, 7) is 2.11. The van der Waals surface area contributed by atoms with Crippen LogP contribution in [0.4, 0.5) is 0 Å². The van der Waals surface area contributed by atoms with Gasteiger partial charge in [-0.1, -0.05) is 0 Å². The van der Waals surface area contributed by atoms with Gasteiger partial charge in [-0.15, -0.1) is 0 Å². The van der Waals surface area contributed by atoms with Crippen molar-refractivity contribution in [1.82, 2.24) is 0 Å². The van der Waals surface area contributed by atoms with Crippen LogP contribution in [0.1, 0.15) is 19.8 Å². The zero-order valence-electron chi connectivity index (χ0n) is 7.19. The summed E-state index contributed by atoms with van der Waals surface area (Å²) < 4.78 is 4.79. The van der Waals surface area contributed by atoms with Crippen molar-refractivity contribution in [1.29, 1.82) is 0 Å². The highest BCUT2D eigenvalue weighted by atomic mass is 16.5. The lowest BCUT2D eigenvalue weighted by Crippen LogP contribution is -2.36. The van der Waals surface area contributed by atoms with E-state index in [-0.39, 0.29) is 12.0 Å². The van der Waals surface area contributed by atoms with E-state index in [1.165, 1.54) is 0 Å². The number of hydrogen-bond donors (Lipinski definition) is 2. The van der Waals surface area contributed by atoms with E-state index in [9.17, 15) is 9.90 Å². The summed E-state index contributed by atoms with van der Waals surface area (Å²) in [5.74, 6) is -0.724. The number of hydrogen-bond acceptors (Lipinski definition) is 4. The molecule has 0 unspecified atom stereocenters. The largest absolute Gasteiger partial charge is 0.466 e. The second kappa shape index (κ2) is 3.87. The predicted octanol–water partition coefficient (Wildman–Crippen LogP) is -0.352. The first kappa shape index (κ1) is 9.48. The molecule has 1 aliphatic carbocycles. The number of nitrogens with two attached hydrogens (primary N) is 1. The molecule has 0 aliphatic heterocycles. The molecule has 1 aliphatic rings. The Morgan fingerprint density at radius 3 is 2.75 bits per heavy atom. The molecular formula is C8H15NO3. The van der Waals surface area contributed by atoms with Crippen LogP contribution in [-0.2, 0) is 9.53 Å². The Hall–Kier alpha value is -0.610. The molecular weight excluding hydrogens is 158 g/mol. The van der Waals surface area contributed by atoms with Crippen molar-refractivity contribution in [2.75, 3.05) is 6.61 Å². The van der Waals surface area contributed by atoms with Crippen molar-refractivity contribution in [2.45, 2.75) is 31.9 Å². The van der Waals surface area contributed by atoms with Crippen molar-refractivity contribution in [2.24, 2.45) is 11.7 Å². The molecule has 1 fully saturated rings. The van der Waals surface area contributed by atoms with Gasteiger partial charge in [0.25, 0.3) is 0 Å². The van der Waals surface area contributed by atoms with E-state index < -0.39 is 12.0 Å². The average molecular weight is 173 g/mol. The zero-order chi connectivity index (χ0) is 9.14. The molecule has 4 heteroatoms. The maximum atomic E-state index is 11.2. The van der Waals surface area contributed by atoms with Gasteiger partial charge in [0.2, 0.25) is 0 Å². The highest BCUT2D eigenvalue weighted by Crippen LogP contribution is 2.25. The van der Waals surface area contributed by atoms with E-state index in [1.54, 1.807) is 6.92 Å². The second-order valence-corrected chi connectivity index (χ2v) is 3.09.